The molecule has 3 rings (SSSR count). The van der Waals surface area contributed by atoms with Crippen molar-refractivity contribution in [1.82, 2.24) is 4.90 Å². The molecule has 3 atom stereocenters. The molecule has 4 nitrogen and oxygen atoms in total. The van der Waals surface area contributed by atoms with Crippen LogP contribution in [-0.2, 0) is 9.53 Å². The van der Waals surface area contributed by atoms with Crippen LogP contribution in [0.1, 0.15) is 44.9 Å². The second kappa shape index (κ2) is 5.64. The van der Waals surface area contributed by atoms with E-state index in [1.807, 2.05) is 0 Å². The van der Waals surface area contributed by atoms with Crippen molar-refractivity contribution in [2.75, 3.05) is 26.8 Å². The van der Waals surface area contributed by atoms with Gasteiger partial charge in [0.05, 0.1) is 5.41 Å². The van der Waals surface area contributed by atoms with Crippen LogP contribution >= 0.6 is 0 Å². The zero-order valence-electron chi connectivity index (χ0n) is 12.6. The van der Waals surface area contributed by atoms with E-state index in [1.165, 1.54) is 19.3 Å². The third-order valence-electron chi connectivity index (χ3n) is 6.00. The minimum Gasteiger partial charge on any atom is -0.385 e. The van der Waals surface area contributed by atoms with E-state index in [0.29, 0.717) is 30.4 Å². The molecule has 0 aromatic rings. The number of nitrogens with zero attached hydrogens (tertiary/aromatic N) is 1. The number of methoxy groups -OCH3 is 1. The number of nitrogens with two attached hydrogens (primary N) is 1. The van der Waals surface area contributed by atoms with Crippen molar-refractivity contribution < 1.29 is 9.53 Å². The van der Waals surface area contributed by atoms with Gasteiger partial charge in [-0.1, -0.05) is 12.8 Å². The molecular weight excluding hydrogens is 252 g/mol. The van der Waals surface area contributed by atoms with Crippen molar-refractivity contribution in [2.45, 2.75) is 51.0 Å². The molecule has 3 unspecified atom stereocenters. The Morgan fingerprint density at radius 2 is 2.05 bits per heavy atom. The minimum absolute atomic E-state index is 0.126. The zero-order chi connectivity index (χ0) is 14.2. The smallest absolute Gasteiger partial charge is 0.228 e. The van der Waals surface area contributed by atoms with Gasteiger partial charge in [-0.3, -0.25) is 4.79 Å². The third-order valence-corrected chi connectivity index (χ3v) is 6.00. The van der Waals surface area contributed by atoms with Crippen LogP contribution in [0.15, 0.2) is 0 Å². The third kappa shape index (κ3) is 2.37. The van der Waals surface area contributed by atoms with Crippen LogP contribution in [0, 0.1) is 17.3 Å². The molecule has 1 amide bonds. The van der Waals surface area contributed by atoms with E-state index in [4.69, 9.17) is 10.5 Å². The number of carbonyl (C=O) groups excluding carboxylic acids is 1. The lowest BCUT2D eigenvalue weighted by atomic mass is 9.81. The average Bonchev–Trinajstić information content (AvgIpc) is 3.14. The van der Waals surface area contributed by atoms with Crippen LogP contribution in [-0.4, -0.2) is 43.7 Å². The fraction of sp³-hybridized carbons (Fsp3) is 0.938. The number of hydrogen-bond acceptors (Lipinski definition) is 3. The quantitative estimate of drug-likeness (QED) is 0.854. The highest BCUT2D eigenvalue weighted by Gasteiger charge is 2.48. The Morgan fingerprint density at radius 1 is 1.30 bits per heavy atom. The van der Waals surface area contributed by atoms with Crippen LogP contribution in [0.3, 0.4) is 0 Å². The summed E-state index contributed by atoms with van der Waals surface area (Å²) >= 11 is 0. The van der Waals surface area contributed by atoms with Gasteiger partial charge in [0.25, 0.3) is 0 Å². The molecule has 20 heavy (non-hydrogen) atoms. The minimum atomic E-state index is -0.126. The van der Waals surface area contributed by atoms with Crippen LogP contribution in [0.4, 0.5) is 0 Å². The predicted octanol–water partition coefficient (Wildman–Crippen LogP) is 1.78. The second-order valence-corrected chi connectivity index (χ2v) is 7.11. The number of amides is 1. The number of rotatable bonds is 4. The van der Waals surface area contributed by atoms with E-state index in [-0.39, 0.29) is 5.41 Å². The Kier molecular flexibility index (Phi) is 4.04. The fourth-order valence-corrected chi connectivity index (χ4v) is 4.73. The molecule has 0 radical (unpaired) electrons. The first-order valence-electron chi connectivity index (χ1n) is 8.20. The summed E-state index contributed by atoms with van der Waals surface area (Å²) < 4.78 is 5.24. The SMILES string of the molecule is COCCC1(C(=O)N2CC3CCC(N)C3C2)CCCC1. The Balaban J connectivity index is 1.68. The Labute approximate surface area is 122 Å². The van der Waals surface area contributed by atoms with E-state index >= 15 is 0 Å². The molecule has 0 spiro atoms. The summed E-state index contributed by atoms with van der Waals surface area (Å²) in [5.41, 5.74) is 6.06. The van der Waals surface area contributed by atoms with Crippen LogP contribution in [0.25, 0.3) is 0 Å². The molecular formula is C16H28N2O2. The molecule has 0 aromatic heterocycles. The van der Waals surface area contributed by atoms with E-state index in [2.05, 4.69) is 4.90 Å². The lowest BCUT2D eigenvalue weighted by Crippen LogP contribution is -2.43. The summed E-state index contributed by atoms with van der Waals surface area (Å²) in [6.45, 7) is 2.55. The summed E-state index contributed by atoms with van der Waals surface area (Å²) in [5, 5.41) is 0. The number of carbonyl (C=O) groups is 1. The first-order chi connectivity index (χ1) is 9.66. The van der Waals surface area contributed by atoms with Gasteiger partial charge < -0.3 is 15.4 Å². The number of likely N-dealkylation sites (tertiary alicyclic amines) is 1. The molecule has 1 heterocycles. The molecule has 2 N–H and O–H groups in total. The highest BCUT2D eigenvalue weighted by atomic mass is 16.5. The Morgan fingerprint density at radius 3 is 2.70 bits per heavy atom. The van der Waals surface area contributed by atoms with Gasteiger partial charge in [0, 0.05) is 32.8 Å². The topological polar surface area (TPSA) is 55.6 Å². The van der Waals surface area contributed by atoms with Crippen molar-refractivity contribution in [3.05, 3.63) is 0 Å². The number of hydrogen-bond donors (Lipinski definition) is 1. The van der Waals surface area contributed by atoms with Gasteiger partial charge in [-0.05, 0) is 43.9 Å². The summed E-state index contributed by atoms with van der Waals surface area (Å²) in [6, 6.07) is 0.316. The standard InChI is InChI=1S/C16H28N2O2/c1-20-9-8-16(6-2-3-7-16)15(19)18-10-12-4-5-14(17)13(12)11-18/h12-14H,2-11,17H2,1H3. The summed E-state index contributed by atoms with van der Waals surface area (Å²) in [6.07, 6.45) is 7.72. The highest BCUT2D eigenvalue weighted by Crippen LogP contribution is 2.45. The monoisotopic (exact) mass is 280 g/mol. The molecule has 2 saturated carbocycles. The summed E-state index contributed by atoms with van der Waals surface area (Å²) in [7, 11) is 1.73. The summed E-state index contributed by atoms with van der Waals surface area (Å²) in [5.74, 6) is 1.61. The molecule has 1 aliphatic heterocycles. The van der Waals surface area contributed by atoms with Crippen LogP contribution in [0.2, 0.25) is 0 Å². The first kappa shape index (κ1) is 14.3. The van der Waals surface area contributed by atoms with Crippen LogP contribution < -0.4 is 5.73 Å². The lowest BCUT2D eigenvalue weighted by Gasteiger charge is -2.33. The van der Waals surface area contributed by atoms with Crippen molar-refractivity contribution in [1.29, 1.82) is 0 Å². The summed E-state index contributed by atoms with van der Waals surface area (Å²) in [4.78, 5) is 15.2. The normalized spacial score (nSPS) is 35.5. The van der Waals surface area contributed by atoms with Gasteiger partial charge in [-0.2, -0.15) is 0 Å². The van der Waals surface area contributed by atoms with Gasteiger partial charge in [0.1, 0.15) is 0 Å². The molecule has 0 bridgehead atoms. The number of ether oxygens (including phenoxy) is 1. The fourth-order valence-electron chi connectivity index (χ4n) is 4.73. The van der Waals surface area contributed by atoms with E-state index in [0.717, 1.165) is 38.8 Å². The molecule has 2 aliphatic carbocycles. The molecule has 1 saturated heterocycles. The van der Waals surface area contributed by atoms with Crippen molar-refractivity contribution in [2.24, 2.45) is 23.0 Å². The maximum atomic E-state index is 13.0. The van der Waals surface area contributed by atoms with Crippen LogP contribution in [0.5, 0.6) is 0 Å². The molecule has 0 aromatic carbocycles. The maximum absolute atomic E-state index is 13.0. The Hall–Kier alpha value is -0.610. The average molecular weight is 280 g/mol. The van der Waals surface area contributed by atoms with E-state index in [9.17, 15) is 4.79 Å². The largest absolute Gasteiger partial charge is 0.385 e. The highest BCUT2D eigenvalue weighted by molar-refractivity contribution is 5.83. The van der Waals surface area contributed by atoms with Gasteiger partial charge in [0.2, 0.25) is 5.91 Å². The Bertz CT molecular complexity index is 365. The molecule has 114 valence electrons. The molecule has 3 fully saturated rings. The zero-order valence-corrected chi connectivity index (χ0v) is 12.6. The van der Waals surface area contributed by atoms with Crippen molar-refractivity contribution in [3.63, 3.8) is 0 Å². The van der Waals surface area contributed by atoms with Crippen molar-refractivity contribution in [3.8, 4) is 0 Å². The van der Waals surface area contributed by atoms with Gasteiger partial charge in [-0.25, -0.2) is 0 Å². The van der Waals surface area contributed by atoms with E-state index in [1.54, 1.807) is 7.11 Å². The van der Waals surface area contributed by atoms with Gasteiger partial charge in [0.15, 0.2) is 0 Å². The van der Waals surface area contributed by atoms with Gasteiger partial charge >= 0.3 is 0 Å². The van der Waals surface area contributed by atoms with Crippen molar-refractivity contribution >= 4 is 5.91 Å². The predicted molar refractivity (Wildman–Crippen MR) is 78.2 cm³/mol. The maximum Gasteiger partial charge on any atom is 0.228 e. The lowest BCUT2D eigenvalue weighted by molar-refractivity contribution is -0.142. The van der Waals surface area contributed by atoms with E-state index < -0.39 is 0 Å². The number of fused-ring (bicyclic) bond motifs is 1. The molecule has 4 heteroatoms. The first-order valence-corrected chi connectivity index (χ1v) is 8.20. The second-order valence-electron chi connectivity index (χ2n) is 7.11. The molecule has 3 aliphatic rings. The van der Waals surface area contributed by atoms with Gasteiger partial charge in [-0.15, -0.1) is 0 Å².